The zero-order valence-corrected chi connectivity index (χ0v) is 10.4. The molecule has 1 aromatic carbocycles. The number of carbonyl (C=O) groups excluding carboxylic acids is 1. The summed E-state index contributed by atoms with van der Waals surface area (Å²) in [6.07, 6.45) is 2.25. The SMILES string of the molecule is CC(=O)CCc1nccc(-c2ccc(F)cc2F)n1. The first-order valence-corrected chi connectivity index (χ1v) is 5.83. The van der Waals surface area contributed by atoms with E-state index in [4.69, 9.17) is 0 Å². The number of benzene rings is 1. The molecule has 1 heterocycles. The first-order chi connectivity index (χ1) is 9.06. The predicted octanol–water partition coefficient (Wildman–Crippen LogP) is 2.94. The molecule has 0 aliphatic heterocycles. The molecule has 0 bridgehead atoms. The molecule has 0 saturated heterocycles. The number of halogens is 2. The van der Waals surface area contributed by atoms with Crippen LogP contribution in [0.2, 0.25) is 0 Å². The minimum Gasteiger partial charge on any atom is -0.300 e. The first-order valence-electron chi connectivity index (χ1n) is 5.83. The second-order valence-corrected chi connectivity index (χ2v) is 4.18. The Bertz CT molecular complexity index is 614. The summed E-state index contributed by atoms with van der Waals surface area (Å²) in [4.78, 5) is 19.1. The molecule has 5 heteroatoms. The standard InChI is InChI=1S/C14H12F2N2O/c1-9(19)2-5-14-17-7-6-13(18-14)11-4-3-10(15)8-12(11)16/h3-4,6-8H,2,5H2,1H3. The van der Waals surface area contributed by atoms with Crippen LogP contribution >= 0.6 is 0 Å². The van der Waals surface area contributed by atoms with E-state index in [2.05, 4.69) is 9.97 Å². The number of rotatable bonds is 4. The average molecular weight is 262 g/mol. The molecule has 98 valence electrons. The van der Waals surface area contributed by atoms with Gasteiger partial charge in [0.25, 0.3) is 0 Å². The van der Waals surface area contributed by atoms with Gasteiger partial charge in [-0.3, -0.25) is 0 Å². The lowest BCUT2D eigenvalue weighted by atomic mass is 10.1. The maximum absolute atomic E-state index is 13.6. The van der Waals surface area contributed by atoms with Crippen LogP contribution in [0.25, 0.3) is 11.3 Å². The van der Waals surface area contributed by atoms with Gasteiger partial charge in [-0.1, -0.05) is 0 Å². The van der Waals surface area contributed by atoms with Crippen LogP contribution in [-0.2, 0) is 11.2 Å². The zero-order valence-electron chi connectivity index (χ0n) is 10.4. The van der Waals surface area contributed by atoms with E-state index >= 15 is 0 Å². The Morgan fingerprint density at radius 1 is 1.26 bits per heavy atom. The van der Waals surface area contributed by atoms with Crippen LogP contribution < -0.4 is 0 Å². The van der Waals surface area contributed by atoms with Crippen molar-refractivity contribution >= 4 is 5.78 Å². The second-order valence-electron chi connectivity index (χ2n) is 4.18. The minimum atomic E-state index is -0.670. The van der Waals surface area contributed by atoms with Gasteiger partial charge in [0.05, 0.1) is 5.69 Å². The Labute approximate surface area is 109 Å². The third kappa shape index (κ3) is 3.40. The van der Waals surface area contributed by atoms with E-state index in [1.54, 1.807) is 6.07 Å². The van der Waals surface area contributed by atoms with E-state index in [1.165, 1.54) is 25.3 Å². The highest BCUT2D eigenvalue weighted by atomic mass is 19.1. The highest BCUT2D eigenvalue weighted by Gasteiger charge is 2.09. The lowest BCUT2D eigenvalue weighted by Crippen LogP contribution is -2.01. The molecule has 0 unspecified atom stereocenters. The number of hydrogen-bond donors (Lipinski definition) is 0. The van der Waals surface area contributed by atoms with Crippen LogP contribution in [0.3, 0.4) is 0 Å². The number of aryl methyl sites for hydroxylation is 1. The summed E-state index contributed by atoms with van der Waals surface area (Å²) in [6, 6.07) is 4.87. The Morgan fingerprint density at radius 3 is 2.74 bits per heavy atom. The van der Waals surface area contributed by atoms with Gasteiger partial charge in [0.15, 0.2) is 0 Å². The van der Waals surface area contributed by atoms with Crippen molar-refractivity contribution in [1.29, 1.82) is 0 Å². The van der Waals surface area contributed by atoms with Crippen LogP contribution in [-0.4, -0.2) is 15.8 Å². The topological polar surface area (TPSA) is 42.9 Å². The van der Waals surface area contributed by atoms with Crippen molar-refractivity contribution in [3.8, 4) is 11.3 Å². The third-order valence-corrected chi connectivity index (χ3v) is 2.61. The lowest BCUT2D eigenvalue weighted by molar-refractivity contribution is -0.117. The smallest absolute Gasteiger partial charge is 0.135 e. The van der Waals surface area contributed by atoms with Crippen molar-refractivity contribution in [3.05, 3.63) is 47.9 Å². The van der Waals surface area contributed by atoms with E-state index in [0.29, 0.717) is 24.4 Å². The molecular formula is C14H12F2N2O. The van der Waals surface area contributed by atoms with E-state index in [-0.39, 0.29) is 11.3 Å². The number of Topliss-reactive ketones (excluding diaryl/α,β-unsaturated/α-hetero) is 1. The fraction of sp³-hybridized carbons (Fsp3) is 0.214. The van der Waals surface area contributed by atoms with Crippen LogP contribution in [0, 0.1) is 11.6 Å². The van der Waals surface area contributed by atoms with E-state index in [1.807, 2.05) is 0 Å². The number of hydrogen-bond acceptors (Lipinski definition) is 3. The summed E-state index contributed by atoms with van der Waals surface area (Å²) < 4.78 is 26.5. The molecule has 0 spiro atoms. The molecule has 2 rings (SSSR count). The van der Waals surface area contributed by atoms with Crippen molar-refractivity contribution in [2.45, 2.75) is 19.8 Å². The van der Waals surface area contributed by atoms with E-state index < -0.39 is 11.6 Å². The second kappa shape index (κ2) is 5.65. The van der Waals surface area contributed by atoms with Gasteiger partial charge >= 0.3 is 0 Å². The Hall–Kier alpha value is -2.17. The van der Waals surface area contributed by atoms with Crippen molar-refractivity contribution < 1.29 is 13.6 Å². The van der Waals surface area contributed by atoms with Crippen LogP contribution in [0.1, 0.15) is 19.2 Å². The molecule has 19 heavy (non-hydrogen) atoms. The van der Waals surface area contributed by atoms with E-state index in [0.717, 1.165) is 6.07 Å². The summed E-state index contributed by atoms with van der Waals surface area (Å²) in [5, 5.41) is 0. The molecule has 0 N–H and O–H groups in total. The van der Waals surface area contributed by atoms with Crippen molar-refractivity contribution in [2.75, 3.05) is 0 Å². The Balaban J connectivity index is 2.29. The molecule has 0 fully saturated rings. The molecule has 2 aromatic rings. The quantitative estimate of drug-likeness (QED) is 0.850. The van der Waals surface area contributed by atoms with Crippen LogP contribution in [0.4, 0.5) is 8.78 Å². The Kier molecular flexibility index (Phi) is 3.94. The van der Waals surface area contributed by atoms with Gasteiger partial charge in [-0.25, -0.2) is 18.7 Å². The zero-order chi connectivity index (χ0) is 13.8. The van der Waals surface area contributed by atoms with Crippen LogP contribution in [0.15, 0.2) is 30.5 Å². The van der Waals surface area contributed by atoms with Gasteiger partial charge in [-0.15, -0.1) is 0 Å². The first kappa shape index (κ1) is 13.3. The molecule has 0 aliphatic carbocycles. The molecule has 0 aliphatic rings. The number of carbonyl (C=O) groups is 1. The number of aromatic nitrogens is 2. The average Bonchev–Trinajstić information content (AvgIpc) is 2.36. The minimum absolute atomic E-state index is 0.0435. The monoisotopic (exact) mass is 262 g/mol. The molecule has 0 saturated carbocycles. The number of nitrogens with zero attached hydrogens (tertiary/aromatic N) is 2. The van der Waals surface area contributed by atoms with Crippen molar-refractivity contribution in [1.82, 2.24) is 9.97 Å². The van der Waals surface area contributed by atoms with E-state index in [9.17, 15) is 13.6 Å². The molecule has 0 amide bonds. The van der Waals surface area contributed by atoms with Crippen molar-refractivity contribution in [2.24, 2.45) is 0 Å². The molecular weight excluding hydrogens is 250 g/mol. The van der Waals surface area contributed by atoms with Gasteiger partial charge in [-0.05, 0) is 25.1 Å². The van der Waals surface area contributed by atoms with Gasteiger partial charge in [0.1, 0.15) is 23.2 Å². The van der Waals surface area contributed by atoms with Crippen LogP contribution in [0.5, 0.6) is 0 Å². The molecule has 0 radical (unpaired) electrons. The van der Waals surface area contributed by atoms with Gasteiger partial charge < -0.3 is 4.79 Å². The Morgan fingerprint density at radius 2 is 2.05 bits per heavy atom. The fourth-order valence-corrected chi connectivity index (χ4v) is 1.65. The normalized spacial score (nSPS) is 10.5. The predicted molar refractivity (Wildman–Crippen MR) is 66.4 cm³/mol. The summed E-state index contributed by atoms with van der Waals surface area (Å²) >= 11 is 0. The number of ketones is 1. The highest BCUT2D eigenvalue weighted by Crippen LogP contribution is 2.21. The van der Waals surface area contributed by atoms with Gasteiger partial charge in [-0.2, -0.15) is 0 Å². The maximum atomic E-state index is 13.6. The van der Waals surface area contributed by atoms with Gasteiger partial charge in [0.2, 0.25) is 0 Å². The summed E-state index contributed by atoms with van der Waals surface area (Å²) in [5.41, 5.74) is 0.596. The van der Waals surface area contributed by atoms with Crippen molar-refractivity contribution in [3.63, 3.8) is 0 Å². The van der Waals surface area contributed by atoms with Gasteiger partial charge in [0, 0.05) is 30.7 Å². The maximum Gasteiger partial charge on any atom is 0.135 e. The molecule has 0 atom stereocenters. The summed E-state index contributed by atoms with van der Waals surface area (Å²) in [7, 11) is 0. The lowest BCUT2D eigenvalue weighted by Gasteiger charge is -2.04. The largest absolute Gasteiger partial charge is 0.300 e. The molecule has 3 nitrogen and oxygen atoms in total. The fourth-order valence-electron chi connectivity index (χ4n) is 1.65. The molecule has 1 aromatic heterocycles. The third-order valence-electron chi connectivity index (χ3n) is 2.61. The summed E-state index contributed by atoms with van der Waals surface area (Å²) in [6.45, 7) is 1.49. The summed E-state index contributed by atoms with van der Waals surface area (Å²) in [5.74, 6) is -0.790. The highest BCUT2D eigenvalue weighted by molar-refractivity contribution is 5.75.